The van der Waals surface area contributed by atoms with E-state index in [9.17, 15) is 0 Å². The van der Waals surface area contributed by atoms with E-state index < -0.39 is 0 Å². The third-order valence-electron chi connectivity index (χ3n) is 2.61. The van der Waals surface area contributed by atoms with Crippen molar-refractivity contribution in [2.24, 2.45) is 10.8 Å². The van der Waals surface area contributed by atoms with E-state index in [4.69, 9.17) is 0 Å². The lowest BCUT2D eigenvalue weighted by molar-refractivity contribution is 0.196. The van der Waals surface area contributed by atoms with Crippen molar-refractivity contribution in [3.05, 3.63) is 6.92 Å². The van der Waals surface area contributed by atoms with Crippen LogP contribution in [0.2, 0.25) is 0 Å². The molecule has 0 heterocycles. The molecule has 0 spiro atoms. The largest absolute Gasteiger partial charge is 0.0649 e. The quantitative estimate of drug-likeness (QED) is 0.574. The van der Waals surface area contributed by atoms with Crippen LogP contribution in [0.1, 0.15) is 53.9 Å². The zero-order valence-corrected chi connectivity index (χ0v) is 8.83. The summed E-state index contributed by atoms with van der Waals surface area (Å²) in [5.41, 5.74) is 0.742. The summed E-state index contributed by atoms with van der Waals surface area (Å²) in [7, 11) is 0. The molecule has 0 fully saturated rings. The van der Waals surface area contributed by atoms with Gasteiger partial charge in [-0.2, -0.15) is 0 Å². The van der Waals surface area contributed by atoms with Gasteiger partial charge in [0, 0.05) is 0 Å². The van der Waals surface area contributed by atoms with E-state index in [0.717, 1.165) is 0 Å². The summed E-state index contributed by atoms with van der Waals surface area (Å²) in [4.78, 5) is 0. The predicted molar refractivity (Wildman–Crippen MR) is 52.4 cm³/mol. The van der Waals surface area contributed by atoms with Crippen molar-refractivity contribution in [2.75, 3.05) is 0 Å². The number of hydrogen-bond donors (Lipinski definition) is 0. The topological polar surface area (TPSA) is 0 Å². The third kappa shape index (κ3) is 4.44. The van der Waals surface area contributed by atoms with E-state index in [1.807, 2.05) is 0 Å². The smallest absolute Gasteiger partial charge is 0.0326 e. The van der Waals surface area contributed by atoms with Crippen LogP contribution in [0, 0.1) is 17.8 Å². The fraction of sp³-hybridized carbons (Fsp3) is 0.909. The molecule has 0 nitrogen and oxygen atoms in total. The molecule has 0 amide bonds. The highest BCUT2D eigenvalue weighted by Gasteiger charge is 2.26. The van der Waals surface area contributed by atoms with Crippen molar-refractivity contribution < 1.29 is 0 Å². The summed E-state index contributed by atoms with van der Waals surface area (Å²) in [6.07, 6.45) is 3.76. The van der Waals surface area contributed by atoms with Crippen LogP contribution in [0.25, 0.3) is 0 Å². The second-order valence-corrected chi connectivity index (χ2v) is 4.86. The molecule has 0 aliphatic rings. The standard InChI is InChI=1S/C11H23/c1-7-11(6,8-2)9-10(3,4)5/h3,7-9H2,1-2,4-6H3. The molecule has 0 rings (SSSR count). The van der Waals surface area contributed by atoms with Crippen molar-refractivity contribution in [1.82, 2.24) is 0 Å². The lowest BCUT2D eigenvalue weighted by Crippen LogP contribution is -2.22. The van der Waals surface area contributed by atoms with Gasteiger partial charge in [-0.25, -0.2) is 0 Å². The van der Waals surface area contributed by atoms with Crippen LogP contribution in [0.3, 0.4) is 0 Å². The predicted octanol–water partition coefficient (Wildman–Crippen LogP) is 4.06. The van der Waals surface area contributed by atoms with Crippen molar-refractivity contribution in [2.45, 2.75) is 53.9 Å². The van der Waals surface area contributed by atoms with Crippen LogP contribution in [0.5, 0.6) is 0 Å². The Hall–Kier alpha value is 0. The van der Waals surface area contributed by atoms with Gasteiger partial charge in [0.25, 0.3) is 0 Å². The van der Waals surface area contributed by atoms with Crippen LogP contribution < -0.4 is 0 Å². The highest BCUT2D eigenvalue weighted by molar-refractivity contribution is 4.81. The number of rotatable bonds is 4. The molecule has 0 atom stereocenters. The summed E-state index contributed by atoms with van der Waals surface area (Å²) in [5, 5.41) is 0. The summed E-state index contributed by atoms with van der Waals surface area (Å²) in [6.45, 7) is 15.5. The molecule has 1 radical (unpaired) electrons. The monoisotopic (exact) mass is 155 g/mol. The minimum absolute atomic E-state index is 0.237. The second kappa shape index (κ2) is 3.60. The zero-order chi connectivity index (χ0) is 9.12. The Bertz CT molecular complexity index is 102. The highest BCUT2D eigenvalue weighted by atomic mass is 14.3. The Morgan fingerprint density at radius 2 is 1.36 bits per heavy atom. The molecule has 0 unspecified atom stereocenters. The fourth-order valence-electron chi connectivity index (χ4n) is 1.66. The van der Waals surface area contributed by atoms with E-state index in [1.165, 1.54) is 19.3 Å². The van der Waals surface area contributed by atoms with Crippen molar-refractivity contribution >= 4 is 0 Å². The van der Waals surface area contributed by atoms with Gasteiger partial charge in [0.05, 0.1) is 0 Å². The van der Waals surface area contributed by atoms with Gasteiger partial charge < -0.3 is 0 Å². The second-order valence-electron chi connectivity index (χ2n) is 4.86. The average molecular weight is 155 g/mol. The highest BCUT2D eigenvalue weighted by Crippen LogP contribution is 2.38. The molecule has 0 aliphatic carbocycles. The normalized spacial score (nSPS) is 13.6. The molecular weight excluding hydrogens is 132 g/mol. The summed E-state index contributed by atoms with van der Waals surface area (Å²) in [6, 6.07) is 0. The Kier molecular flexibility index (Phi) is 3.60. The van der Waals surface area contributed by atoms with Gasteiger partial charge in [-0.05, 0) is 24.2 Å². The minimum Gasteiger partial charge on any atom is -0.0649 e. The van der Waals surface area contributed by atoms with Crippen molar-refractivity contribution in [1.29, 1.82) is 0 Å². The van der Waals surface area contributed by atoms with E-state index in [1.54, 1.807) is 0 Å². The SMILES string of the molecule is [CH2]C(C)(C)CC(C)(CC)CC. The molecule has 0 aliphatic heterocycles. The summed E-state index contributed by atoms with van der Waals surface area (Å²) < 4.78 is 0. The molecule has 0 aromatic heterocycles. The van der Waals surface area contributed by atoms with Crippen LogP contribution in [0.4, 0.5) is 0 Å². The molecule has 0 aromatic carbocycles. The molecule has 11 heavy (non-hydrogen) atoms. The Morgan fingerprint density at radius 3 is 1.45 bits per heavy atom. The molecule has 0 heteroatoms. The lowest BCUT2D eigenvalue weighted by atomic mass is 9.72. The first-order valence-corrected chi connectivity index (χ1v) is 4.68. The maximum atomic E-state index is 4.15. The lowest BCUT2D eigenvalue weighted by Gasteiger charge is -2.33. The molecule has 0 N–H and O–H groups in total. The van der Waals surface area contributed by atoms with Gasteiger partial charge in [-0.1, -0.05) is 47.5 Å². The van der Waals surface area contributed by atoms with Gasteiger partial charge in [-0.3, -0.25) is 0 Å². The zero-order valence-electron chi connectivity index (χ0n) is 8.83. The molecule has 67 valence electrons. The van der Waals surface area contributed by atoms with Crippen LogP contribution in [-0.2, 0) is 0 Å². The van der Waals surface area contributed by atoms with Crippen molar-refractivity contribution in [3.8, 4) is 0 Å². The van der Waals surface area contributed by atoms with Gasteiger partial charge >= 0.3 is 0 Å². The van der Waals surface area contributed by atoms with Crippen molar-refractivity contribution in [3.63, 3.8) is 0 Å². The van der Waals surface area contributed by atoms with Gasteiger partial charge in [0.1, 0.15) is 0 Å². The molecule has 0 bridgehead atoms. The molecule has 0 saturated carbocycles. The van der Waals surface area contributed by atoms with Crippen LogP contribution in [-0.4, -0.2) is 0 Å². The van der Waals surface area contributed by atoms with E-state index in [-0.39, 0.29) is 5.41 Å². The van der Waals surface area contributed by atoms with Gasteiger partial charge in [0.15, 0.2) is 0 Å². The maximum Gasteiger partial charge on any atom is -0.0326 e. The fourth-order valence-corrected chi connectivity index (χ4v) is 1.66. The molecular formula is C11H23. The average Bonchev–Trinajstić information content (AvgIpc) is 1.84. The first-order chi connectivity index (χ1) is 4.83. The summed E-state index contributed by atoms with van der Waals surface area (Å²) >= 11 is 0. The third-order valence-corrected chi connectivity index (χ3v) is 2.61. The van der Waals surface area contributed by atoms with Crippen LogP contribution in [0.15, 0.2) is 0 Å². The number of hydrogen-bond acceptors (Lipinski definition) is 0. The Labute approximate surface area is 72.4 Å². The van der Waals surface area contributed by atoms with E-state index in [0.29, 0.717) is 5.41 Å². The van der Waals surface area contributed by atoms with E-state index >= 15 is 0 Å². The first-order valence-electron chi connectivity index (χ1n) is 4.68. The van der Waals surface area contributed by atoms with Gasteiger partial charge in [0.2, 0.25) is 0 Å². The molecule has 0 aromatic rings. The molecule has 0 saturated heterocycles. The van der Waals surface area contributed by atoms with Crippen LogP contribution >= 0.6 is 0 Å². The summed E-state index contributed by atoms with van der Waals surface area (Å²) in [5.74, 6) is 0. The maximum absolute atomic E-state index is 4.15. The van der Waals surface area contributed by atoms with Gasteiger partial charge in [-0.15, -0.1) is 0 Å². The minimum atomic E-state index is 0.237. The Balaban J connectivity index is 4.08. The van der Waals surface area contributed by atoms with E-state index in [2.05, 4.69) is 41.5 Å². The Morgan fingerprint density at radius 1 is 1.00 bits per heavy atom. The first kappa shape index (κ1) is 11.0.